The number of nitrogens with one attached hydrogen (secondary N) is 1. The summed E-state index contributed by atoms with van der Waals surface area (Å²) in [7, 11) is 0. The van der Waals surface area contributed by atoms with Gasteiger partial charge in [0.15, 0.2) is 0 Å². The van der Waals surface area contributed by atoms with Crippen LogP contribution in [0.3, 0.4) is 0 Å². The molecule has 0 unspecified atom stereocenters. The molecule has 0 amide bonds. The Balaban J connectivity index is 1.38. The fraction of sp³-hybridized carbons (Fsp3) is 0.286. The van der Waals surface area contributed by atoms with Crippen LogP contribution in [-0.4, -0.2) is 33.0 Å². The zero-order valence-electron chi connectivity index (χ0n) is 15.3. The maximum absolute atomic E-state index is 5.60. The minimum atomic E-state index is 0.809. The number of anilines is 2. The number of aromatic nitrogens is 3. The zero-order chi connectivity index (χ0) is 18.2. The third-order valence-electron chi connectivity index (χ3n) is 5.28. The lowest BCUT2D eigenvalue weighted by molar-refractivity contribution is 0.246. The van der Waals surface area contributed by atoms with Crippen LogP contribution in [-0.2, 0) is 17.8 Å². The average molecular weight is 359 g/mol. The van der Waals surface area contributed by atoms with Crippen molar-refractivity contribution in [3.8, 4) is 0 Å². The van der Waals surface area contributed by atoms with Crippen molar-refractivity contribution >= 4 is 22.4 Å². The topological polar surface area (TPSA) is 63.2 Å². The van der Waals surface area contributed by atoms with Crippen LogP contribution in [0.4, 0.5) is 11.5 Å². The Morgan fingerprint density at radius 3 is 2.96 bits per heavy atom. The predicted octanol–water partition coefficient (Wildman–Crippen LogP) is 3.78. The number of ether oxygens (including phenoxy) is 1. The first-order chi connectivity index (χ1) is 13.3. The molecule has 5 rings (SSSR count). The second-order valence-electron chi connectivity index (χ2n) is 7.09. The highest BCUT2D eigenvalue weighted by molar-refractivity contribution is 5.82. The summed E-state index contributed by atoms with van der Waals surface area (Å²) in [5, 5.41) is 4.55. The van der Waals surface area contributed by atoms with Gasteiger partial charge in [0, 0.05) is 37.0 Å². The van der Waals surface area contributed by atoms with E-state index in [1.807, 2.05) is 24.4 Å². The van der Waals surface area contributed by atoms with Gasteiger partial charge in [-0.25, -0.2) is 9.97 Å². The molecular formula is C21H21N5O. The summed E-state index contributed by atoms with van der Waals surface area (Å²) in [5.74, 6) is 1.95. The summed E-state index contributed by atoms with van der Waals surface area (Å²) in [5.41, 5.74) is 5.59. The number of allylic oxidation sites excluding steroid dienone is 1. The quantitative estimate of drug-likeness (QED) is 0.765. The van der Waals surface area contributed by atoms with E-state index >= 15 is 0 Å². The molecular weight excluding hydrogens is 338 g/mol. The van der Waals surface area contributed by atoms with Crippen LogP contribution in [0.5, 0.6) is 0 Å². The second kappa shape index (κ2) is 6.63. The third-order valence-corrected chi connectivity index (χ3v) is 5.28. The summed E-state index contributed by atoms with van der Waals surface area (Å²) < 4.78 is 5.60. The lowest BCUT2D eigenvalue weighted by Gasteiger charge is -2.15. The second-order valence-corrected chi connectivity index (χ2v) is 7.09. The van der Waals surface area contributed by atoms with Gasteiger partial charge in [-0.1, -0.05) is 18.2 Å². The van der Waals surface area contributed by atoms with Gasteiger partial charge in [0.1, 0.15) is 12.1 Å². The van der Waals surface area contributed by atoms with E-state index < -0.39 is 0 Å². The zero-order valence-corrected chi connectivity index (χ0v) is 15.3. The highest BCUT2D eigenvalue weighted by Crippen LogP contribution is 2.30. The fourth-order valence-electron chi connectivity index (χ4n) is 3.80. The number of hydrogen-bond donors (Lipinski definition) is 1. The molecule has 3 aromatic rings. The van der Waals surface area contributed by atoms with E-state index in [2.05, 4.69) is 44.2 Å². The van der Waals surface area contributed by atoms with Crippen LogP contribution in [0, 0.1) is 0 Å². The molecule has 27 heavy (non-hydrogen) atoms. The average Bonchev–Trinajstić information content (AvgIpc) is 3.28. The van der Waals surface area contributed by atoms with E-state index in [1.165, 1.54) is 11.1 Å². The number of hydrogen-bond acceptors (Lipinski definition) is 6. The van der Waals surface area contributed by atoms with E-state index in [0.29, 0.717) is 0 Å². The normalized spacial score (nSPS) is 16.6. The highest BCUT2D eigenvalue weighted by Gasteiger charge is 2.26. The summed E-state index contributed by atoms with van der Waals surface area (Å²) >= 11 is 0. The van der Waals surface area contributed by atoms with E-state index in [0.717, 1.165) is 66.5 Å². The van der Waals surface area contributed by atoms with E-state index in [1.54, 1.807) is 6.33 Å². The molecule has 4 heterocycles. The maximum Gasteiger partial charge on any atom is 0.138 e. The summed E-state index contributed by atoms with van der Waals surface area (Å²) in [6.45, 7) is 5.49. The van der Waals surface area contributed by atoms with Gasteiger partial charge in [-0.3, -0.25) is 9.88 Å². The molecule has 0 fully saturated rings. The molecule has 2 aliphatic heterocycles. The molecule has 0 saturated heterocycles. The molecule has 2 aromatic heterocycles. The van der Waals surface area contributed by atoms with Gasteiger partial charge in [-0.15, -0.1) is 0 Å². The first-order valence-electron chi connectivity index (χ1n) is 9.24. The maximum atomic E-state index is 5.60. The van der Waals surface area contributed by atoms with Crippen molar-refractivity contribution in [2.45, 2.75) is 26.4 Å². The van der Waals surface area contributed by atoms with E-state index in [9.17, 15) is 0 Å². The molecule has 0 spiro atoms. The highest BCUT2D eigenvalue weighted by atomic mass is 16.5. The number of nitrogens with zero attached hydrogens (tertiary/aromatic N) is 4. The number of pyridine rings is 1. The van der Waals surface area contributed by atoms with Crippen molar-refractivity contribution in [2.24, 2.45) is 0 Å². The predicted molar refractivity (Wildman–Crippen MR) is 104 cm³/mol. The minimum Gasteiger partial charge on any atom is -0.498 e. The van der Waals surface area contributed by atoms with Crippen LogP contribution >= 0.6 is 0 Å². The number of rotatable bonds is 4. The molecule has 6 heteroatoms. The van der Waals surface area contributed by atoms with Crippen LogP contribution in [0.2, 0.25) is 0 Å². The van der Waals surface area contributed by atoms with Gasteiger partial charge in [0.05, 0.1) is 35.5 Å². The van der Waals surface area contributed by atoms with Crippen LogP contribution < -0.4 is 5.32 Å². The molecule has 0 aliphatic carbocycles. The van der Waals surface area contributed by atoms with E-state index in [-0.39, 0.29) is 0 Å². The fourth-order valence-corrected chi connectivity index (χ4v) is 3.80. The van der Waals surface area contributed by atoms with Crippen molar-refractivity contribution in [2.75, 3.05) is 18.5 Å². The first kappa shape index (κ1) is 16.2. The largest absolute Gasteiger partial charge is 0.498 e. The van der Waals surface area contributed by atoms with Crippen LogP contribution in [0.25, 0.3) is 10.9 Å². The van der Waals surface area contributed by atoms with Gasteiger partial charge in [0.25, 0.3) is 0 Å². The molecule has 1 aromatic carbocycles. The molecule has 1 N–H and O–H groups in total. The Labute approximate surface area is 157 Å². The monoisotopic (exact) mass is 359 g/mol. The SMILES string of the molecule is CC1=C(CN2Cc3ncnc(Nc4cnc5ccccc5c4)c3C2)CCO1. The molecule has 0 atom stereocenters. The molecule has 6 nitrogen and oxygen atoms in total. The van der Waals surface area contributed by atoms with Crippen molar-refractivity contribution < 1.29 is 4.74 Å². The summed E-state index contributed by atoms with van der Waals surface area (Å²) in [6, 6.07) is 10.2. The Kier molecular flexibility index (Phi) is 3.98. The molecule has 0 bridgehead atoms. The summed E-state index contributed by atoms with van der Waals surface area (Å²) in [4.78, 5) is 15.9. The Morgan fingerprint density at radius 2 is 2.07 bits per heavy atom. The van der Waals surface area contributed by atoms with Crippen molar-refractivity contribution in [3.63, 3.8) is 0 Å². The Bertz CT molecular complexity index is 1050. The summed E-state index contributed by atoms with van der Waals surface area (Å²) in [6.07, 6.45) is 4.52. The Hall–Kier alpha value is -2.99. The number of para-hydroxylation sites is 1. The van der Waals surface area contributed by atoms with Crippen LogP contribution in [0.15, 0.2) is 54.2 Å². The van der Waals surface area contributed by atoms with Crippen LogP contribution in [0.1, 0.15) is 24.6 Å². The van der Waals surface area contributed by atoms with Crippen molar-refractivity contribution in [1.82, 2.24) is 19.9 Å². The van der Waals surface area contributed by atoms with Gasteiger partial charge in [-0.2, -0.15) is 0 Å². The van der Waals surface area contributed by atoms with Crippen molar-refractivity contribution in [3.05, 3.63) is 65.4 Å². The smallest absolute Gasteiger partial charge is 0.138 e. The molecule has 136 valence electrons. The molecule has 2 aliphatic rings. The molecule has 0 saturated carbocycles. The van der Waals surface area contributed by atoms with E-state index in [4.69, 9.17) is 4.74 Å². The number of fused-ring (bicyclic) bond motifs is 2. The van der Waals surface area contributed by atoms with Crippen molar-refractivity contribution in [1.29, 1.82) is 0 Å². The van der Waals surface area contributed by atoms with Gasteiger partial charge < -0.3 is 10.1 Å². The molecule has 0 radical (unpaired) electrons. The minimum absolute atomic E-state index is 0.809. The van der Waals surface area contributed by atoms with Gasteiger partial charge >= 0.3 is 0 Å². The Morgan fingerprint density at radius 1 is 1.15 bits per heavy atom. The first-order valence-corrected chi connectivity index (χ1v) is 9.24. The standard InChI is InChI=1S/C21H21N5O/c1-14-16(6-7-27-14)10-26-11-18-20(12-26)23-13-24-21(18)25-17-8-15-4-2-3-5-19(15)22-9-17/h2-5,8-9,13H,6-7,10-12H2,1H3,(H,23,24,25). The lowest BCUT2D eigenvalue weighted by Crippen LogP contribution is -2.19. The van der Waals surface area contributed by atoms with Gasteiger partial charge in [0.2, 0.25) is 0 Å². The lowest BCUT2D eigenvalue weighted by atomic mass is 10.2. The third kappa shape index (κ3) is 3.13. The van der Waals surface area contributed by atoms with Gasteiger partial charge in [-0.05, 0) is 24.6 Å². The number of benzene rings is 1.